The van der Waals surface area contributed by atoms with Crippen LogP contribution in [-0.4, -0.2) is 184 Å². The highest BCUT2D eigenvalue weighted by molar-refractivity contribution is 7.91. The fourth-order valence-corrected chi connectivity index (χ4v) is 8.57. The second-order valence-electron chi connectivity index (χ2n) is 14.3. The number of hydrogen-bond donors (Lipinski definition) is 6. The molecule has 0 atom stereocenters. The van der Waals surface area contributed by atoms with E-state index in [1.165, 1.54) is 12.1 Å². The lowest BCUT2D eigenvalue weighted by Gasteiger charge is -2.23. The number of aliphatic hydroxyl groups is 6. The van der Waals surface area contributed by atoms with Crippen LogP contribution in [0.25, 0.3) is 22.3 Å². The molecule has 67 heavy (non-hydrogen) atoms. The number of ether oxygens (including phenoxy) is 10. The van der Waals surface area contributed by atoms with Crippen LogP contribution >= 0.6 is 0 Å². The predicted molar refractivity (Wildman–Crippen MR) is 246 cm³/mol. The first kappa shape index (κ1) is 55.1. The minimum absolute atomic E-state index is 0.0442. The highest BCUT2D eigenvalue weighted by Gasteiger charge is 2.31. The maximum atomic E-state index is 15.7. The molecule has 0 heterocycles. The van der Waals surface area contributed by atoms with Crippen LogP contribution in [0.2, 0.25) is 0 Å². The molecule has 0 aromatic heterocycles. The standard InChI is InChI=1S/C48H66O18S/c49-15-23-57-21-13-41-43(65-35-31-61-27-19-53)9-11-45(47(41)37-1-5-39(6-2-37)63-33-29-59-25-17-51)67(55,56)46-12-10-44(66-36-32-62-28-20-54)42(14-22-58-24-16-50)48(46)38-3-7-40(8-4-38)64-34-30-60-26-18-52/h1-12,49-54H,13-36H2. The molecule has 0 fully saturated rings. The van der Waals surface area contributed by atoms with E-state index in [1.54, 1.807) is 60.7 Å². The number of aliphatic hydroxyl groups excluding tert-OH is 6. The zero-order chi connectivity index (χ0) is 48.0. The smallest absolute Gasteiger partial charge is 0.207 e. The van der Waals surface area contributed by atoms with Crippen molar-refractivity contribution in [2.24, 2.45) is 0 Å². The van der Waals surface area contributed by atoms with Gasteiger partial charge in [0, 0.05) is 35.1 Å². The summed E-state index contributed by atoms with van der Waals surface area (Å²) >= 11 is 0. The quantitative estimate of drug-likeness (QED) is 0.0353. The van der Waals surface area contributed by atoms with Crippen LogP contribution in [0.5, 0.6) is 23.0 Å². The third kappa shape index (κ3) is 18.2. The van der Waals surface area contributed by atoms with E-state index < -0.39 is 9.84 Å². The molecule has 18 nitrogen and oxygen atoms in total. The van der Waals surface area contributed by atoms with Crippen LogP contribution in [0.1, 0.15) is 11.1 Å². The van der Waals surface area contributed by atoms with E-state index in [0.717, 1.165) is 0 Å². The Morgan fingerprint density at radius 2 is 0.627 bits per heavy atom. The van der Waals surface area contributed by atoms with Gasteiger partial charge in [0.15, 0.2) is 0 Å². The normalized spacial score (nSPS) is 11.6. The van der Waals surface area contributed by atoms with Crippen molar-refractivity contribution in [1.82, 2.24) is 0 Å². The Morgan fingerprint density at radius 3 is 0.940 bits per heavy atom. The molecule has 0 spiro atoms. The van der Waals surface area contributed by atoms with Crippen LogP contribution in [0, 0.1) is 0 Å². The molecular formula is C48H66O18S. The van der Waals surface area contributed by atoms with Gasteiger partial charge in [-0.2, -0.15) is 0 Å². The van der Waals surface area contributed by atoms with Gasteiger partial charge in [0.2, 0.25) is 9.84 Å². The van der Waals surface area contributed by atoms with E-state index in [2.05, 4.69) is 0 Å². The zero-order valence-electron chi connectivity index (χ0n) is 37.9. The van der Waals surface area contributed by atoms with Crippen molar-refractivity contribution in [3.63, 3.8) is 0 Å². The summed E-state index contributed by atoms with van der Waals surface area (Å²) in [5, 5.41) is 55.5. The van der Waals surface area contributed by atoms with E-state index >= 15 is 8.42 Å². The van der Waals surface area contributed by atoms with Crippen LogP contribution in [0.15, 0.2) is 82.6 Å². The van der Waals surface area contributed by atoms with Gasteiger partial charge in [-0.25, -0.2) is 8.42 Å². The Labute approximate surface area is 392 Å². The van der Waals surface area contributed by atoms with Crippen molar-refractivity contribution in [2.75, 3.05) is 145 Å². The third-order valence-corrected chi connectivity index (χ3v) is 11.5. The van der Waals surface area contributed by atoms with Crippen LogP contribution < -0.4 is 18.9 Å². The summed E-state index contributed by atoms with van der Waals surface area (Å²) in [5.41, 5.74) is 2.75. The molecule has 4 aromatic carbocycles. The van der Waals surface area contributed by atoms with Crippen molar-refractivity contribution in [2.45, 2.75) is 22.6 Å². The maximum Gasteiger partial charge on any atom is 0.207 e. The maximum absolute atomic E-state index is 15.7. The predicted octanol–water partition coefficient (Wildman–Crippen LogP) is 2.51. The molecule has 0 saturated carbocycles. The molecule has 0 aliphatic rings. The number of benzene rings is 4. The summed E-state index contributed by atoms with van der Waals surface area (Å²) in [5.74, 6) is 1.75. The molecule has 0 unspecified atom stereocenters. The first-order valence-corrected chi connectivity index (χ1v) is 23.7. The Hall–Kier alpha value is -4.45. The average molecular weight is 963 g/mol. The summed E-state index contributed by atoms with van der Waals surface area (Å²) in [7, 11) is -4.49. The van der Waals surface area contributed by atoms with Crippen molar-refractivity contribution < 1.29 is 86.4 Å². The van der Waals surface area contributed by atoms with Gasteiger partial charge < -0.3 is 78.0 Å². The van der Waals surface area contributed by atoms with Gasteiger partial charge in [0.1, 0.15) is 49.4 Å². The molecular weight excluding hydrogens is 897 g/mol. The van der Waals surface area contributed by atoms with Crippen molar-refractivity contribution in [3.8, 4) is 45.3 Å². The van der Waals surface area contributed by atoms with Crippen molar-refractivity contribution in [3.05, 3.63) is 83.9 Å². The molecule has 0 radical (unpaired) electrons. The van der Waals surface area contributed by atoms with E-state index in [9.17, 15) is 20.4 Å². The molecule has 372 valence electrons. The second-order valence-corrected chi connectivity index (χ2v) is 16.2. The Balaban J connectivity index is 1.95. The molecule has 19 heteroatoms. The lowest BCUT2D eigenvalue weighted by molar-refractivity contribution is 0.0699. The first-order valence-electron chi connectivity index (χ1n) is 22.2. The number of rotatable bonds is 38. The molecule has 0 amide bonds. The Bertz CT molecular complexity index is 1920. The first-order chi connectivity index (χ1) is 32.8. The molecule has 0 bridgehead atoms. The summed E-state index contributed by atoms with van der Waals surface area (Å²) in [6, 6.07) is 20.1. The summed E-state index contributed by atoms with van der Waals surface area (Å²) in [6.45, 7) is 1.38. The van der Waals surface area contributed by atoms with E-state index in [4.69, 9.17) is 57.6 Å². The van der Waals surface area contributed by atoms with Gasteiger partial charge in [-0.15, -0.1) is 0 Å². The van der Waals surface area contributed by atoms with Gasteiger partial charge in [-0.3, -0.25) is 0 Å². The summed E-state index contributed by atoms with van der Waals surface area (Å²) in [4.78, 5) is -0.0884. The monoisotopic (exact) mass is 962 g/mol. The van der Waals surface area contributed by atoms with E-state index in [0.29, 0.717) is 56.4 Å². The van der Waals surface area contributed by atoms with Gasteiger partial charge in [0.05, 0.1) is 129 Å². The topological polar surface area (TPSA) is 248 Å². The number of hydrogen-bond acceptors (Lipinski definition) is 18. The Morgan fingerprint density at radius 1 is 0.328 bits per heavy atom. The minimum Gasteiger partial charge on any atom is -0.491 e. The van der Waals surface area contributed by atoms with Crippen LogP contribution in [-0.2, 0) is 51.1 Å². The van der Waals surface area contributed by atoms with Gasteiger partial charge in [-0.05, 0) is 59.7 Å². The molecule has 6 N–H and O–H groups in total. The van der Waals surface area contributed by atoms with Crippen LogP contribution in [0.3, 0.4) is 0 Å². The van der Waals surface area contributed by atoms with Gasteiger partial charge in [-0.1, -0.05) is 24.3 Å². The second kappa shape index (κ2) is 32.3. The zero-order valence-corrected chi connectivity index (χ0v) is 38.7. The average Bonchev–Trinajstić information content (AvgIpc) is 3.34. The fraction of sp³-hybridized carbons (Fsp3) is 0.500. The number of sulfone groups is 1. The Kier molecular flexibility index (Phi) is 26.6. The van der Waals surface area contributed by atoms with Crippen molar-refractivity contribution >= 4 is 9.84 Å². The molecule has 0 aliphatic heterocycles. The SMILES string of the molecule is O=S(=O)(c1ccc(OCCOCCO)c(CCOCCO)c1-c1ccc(OCCOCCO)cc1)c1ccc(OCCOCCO)c(CCOCCO)c1-c1ccc(OCCOCCO)cc1. The lowest BCUT2D eigenvalue weighted by Crippen LogP contribution is -2.15. The van der Waals surface area contributed by atoms with Gasteiger partial charge in [0.25, 0.3) is 0 Å². The molecule has 4 rings (SSSR count). The minimum atomic E-state index is -4.49. The van der Waals surface area contributed by atoms with Crippen molar-refractivity contribution in [1.29, 1.82) is 0 Å². The highest BCUT2D eigenvalue weighted by Crippen LogP contribution is 2.44. The van der Waals surface area contributed by atoms with E-state index in [-0.39, 0.29) is 168 Å². The largest absolute Gasteiger partial charge is 0.491 e. The summed E-state index contributed by atoms with van der Waals surface area (Å²) < 4.78 is 88.7. The molecule has 4 aromatic rings. The molecule has 0 saturated heterocycles. The van der Waals surface area contributed by atoms with Gasteiger partial charge >= 0.3 is 0 Å². The lowest BCUT2D eigenvalue weighted by atomic mass is 9.96. The third-order valence-electron chi connectivity index (χ3n) is 9.70. The highest BCUT2D eigenvalue weighted by atomic mass is 32.2. The fourth-order valence-electron chi connectivity index (χ4n) is 6.82. The summed E-state index contributed by atoms with van der Waals surface area (Å²) in [6.07, 6.45) is 0.369. The van der Waals surface area contributed by atoms with E-state index in [1.807, 2.05) is 0 Å². The van der Waals surface area contributed by atoms with Crippen LogP contribution in [0.4, 0.5) is 0 Å². The molecule has 0 aliphatic carbocycles.